The van der Waals surface area contributed by atoms with Gasteiger partial charge in [-0.1, -0.05) is 42.5 Å². The molecule has 1 amide bonds. The summed E-state index contributed by atoms with van der Waals surface area (Å²) in [6, 6.07) is 20.6. The van der Waals surface area contributed by atoms with E-state index in [4.69, 9.17) is 4.42 Å². The van der Waals surface area contributed by atoms with Gasteiger partial charge in [0.1, 0.15) is 5.76 Å². The molecule has 164 valence electrons. The molecule has 0 saturated carbocycles. The van der Waals surface area contributed by atoms with Crippen LogP contribution in [-0.4, -0.2) is 25.9 Å². The van der Waals surface area contributed by atoms with Crippen LogP contribution >= 0.6 is 11.3 Å². The first-order valence-corrected chi connectivity index (χ1v) is 12.3. The smallest absolute Gasteiger partial charge is 0.233 e. The number of benzene rings is 2. The molecule has 0 spiro atoms. The summed E-state index contributed by atoms with van der Waals surface area (Å²) in [7, 11) is -3.62. The number of carbonyl (C=O) groups excluding carboxylic acids is 1. The van der Waals surface area contributed by atoms with Crippen LogP contribution < -0.4 is 10.0 Å². The van der Waals surface area contributed by atoms with Gasteiger partial charge in [-0.25, -0.2) is 18.1 Å². The van der Waals surface area contributed by atoms with Crippen molar-refractivity contribution < 1.29 is 17.6 Å². The van der Waals surface area contributed by atoms with Crippen molar-refractivity contribution in [3.8, 4) is 10.8 Å². The van der Waals surface area contributed by atoms with Gasteiger partial charge in [-0.15, -0.1) is 11.3 Å². The van der Waals surface area contributed by atoms with E-state index in [0.29, 0.717) is 11.5 Å². The molecule has 4 rings (SSSR count). The van der Waals surface area contributed by atoms with Gasteiger partial charge in [0.25, 0.3) is 0 Å². The molecule has 0 atom stereocenters. The number of para-hydroxylation sites is 1. The topological polar surface area (TPSA) is 101 Å². The third kappa shape index (κ3) is 5.91. The number of furan rings is 1. The van der Waals surface area contributed by atoms with E-state index < -0.39 is 10.0 Å². The van der Waals surface area contributed by atoms with E-state index in [1.54, 1.807) is 29.5 Å². The molecule has 0 unspecified atom stereocenters. The van der Waals surface area contributed by atoms with Gasteiger partial charge in [0, 0.05) is 18.4 Å². The number of fused-ring (bicyclic) bond motifs is 1. The molecule has 0 aliphatic heterocycles. The van der Waals surface area contributed by atoms with Crippen molar-refractivity contribution in [2.45, 2.75) is 13.0 Å². The summed E-state index contributed by atoms with van der Waals surface area (Å²) < 4.78 is 33.3. The third-order valence-electron chi connectivity index (χ3n) is 4.52. The van der Waals surface area contributed by atoms with Crippen LogP contribution in [0.3, 0.4) is 0 Å². The highest BCUT2D eigenvalue weighted by Crippen LogP contribution is 2.31. The molecule has 32 heavy (non-hydrogen) atoms. The monoisotopic (exact) mass is 467 g/mol. The Morgan fingerprint density at radius 3 is 2.62 bits per heavy atom. The van der Waals surface area contributed by atoms with Crippen molar-refractivity contribution in [1.82, 2.24) is 15.0 Å². The number of nitrogens with one attached hydrogen (secondary N) is 2. The van der Waals surface area contributed by atoms with E-state index in [1.807, 2.05) is 48.5 Å². The van der Waals surface area contributed by atoms with Gasteiger partial charge in [-0.3, -0.25) is 4.79 Å². The van der Waals surface area contributed by atoms with Crippen molar-refractivity contribution >= 4 is 43.6 Å². The first kappa shape index (κ1) is 21.9. The van der Waals surface area contributed by atoms with Crippen molar-refractivity contribution in [3.05, 3.63) is 83.5 Å². The molecule has 2 heterocycles. The third-order valence-corrected chi connectivity index (χ3v) is 6.67. The number of aromatic nitrogens is 1. The van der Waals surface area contributed by atoms with E-state index in [0.717, 1.165) is 26.2 Å². The molecular formula is C23H21N3O4S2. The number of hydrogen-bond acceptors (Lipinski definition) is 6. The standard InChI is InChI=1S/C23H21N3O4S2/c27-22(12-14-25-32(28,29)15-13-17-6-2-1-3-7-17)24-16-18-10-11-20(30-18)23-26-19-8-4-5-9-21(19)31-23/h1-11,13,15,25H,12,14,16H2,(H,24,27)/b15-13+. The van der Waals surface area contributed by atoms with Crippen LogP contribution in [0.15, 0.2) is 76.6 Å². The molecule has 2 aromatic carbocycles. The summed E-state index contributed by atoms with van der Waals surface area (Å²) in [6.07, 6.45) is 1.52. The number of amides is 1. The van der Waals surface area contributed by atoms with Crippen LogP contribution in [0.1, 0.15) is 17.7 Å². The second-order valence-corrected chi connectivity index (χ2v) is 9.61. The summed E-state index contributed by atoms with van der Waals surface area (Å²) in [6.45, 7) is 0.215. The number of carbonyl (C=O) groups is 1. The molecule has 0 aliphatic rings. The first-order valence-electron chi connectivity index (χ1n) is 9.93. The van der Waals surface area contributed by atoms with Gasteiger partial charge < -0.3 is 9.73 Å². The lowest BCUT2D eigenvalue weighted by molar-refractivity contribution is -0.121. The highest BCUT2D eigenvalue weighted by molar-refractivity contribution is 7.92. The number of hydrogen-bond donors (Lipinski definition) is 2. The Balaban J connectivity index is 1.23. The van der Waals surface area contributed by atoms with E-state index >= 15 is 0 Å². The molecule has 2 N–H and O–H groups in total. The van der Waals surface area contributed by atoms with E-state index in [-0.39, 0.29) is 25.4 Å². The second kappa shape index (κ2) is 9.90. The molecule has 2 aromatic heterocycles. The Morgan fingerprint density at radius 2 is 1.81 bits per heavy atom. The maximum Gasteiger partial charge on any atom is 0.233 e. The maximum atomic E-state index is 12.1. The largest absolute Gasteiger partial charge is 0.457 e. The fourth-order valence-corrected chi connectivity index (χ4v) is 4.67. The van der Waals surface area contributed by atoms with Gasteiger partial charge in [0.15, 0.2) is 10.8 Å². The van der Waals surface area contributed by atoms with Crippen LogP contribution in [0, 0.1) is 0 Å². The van der Waals surface area contributed by atoms with E-state index in [1.165, 1.54) is 6.08 Å². The Kier molecular flexibility index (Phi) is 6.79. The van der Waals surface area contributed by atoms with Crippen LogP contribution in [0.2, 0.25) is 0 Å². The average molecular weight is 468 g/mol. The SMILES string of the molecule is O=C(CCNS(=O)(=O)/C=C/c1ccccc1)NCc1ccc(-c2nc3ccccc3s2)o1. The number of nitrogens with zero attached hydrogens (tertiary/aromatic N) is 1. The summed E-state index contributed by atoms with van der Waals surface area (Å²) in [4.78, 5) is 16.6. The van der Waals surface area contributed by atoms with Crippen LogP contribution in [0.25, 0.3) is 27.1 Å². The Morgan fingerprint density at radius 1 is 1.03 bits per heavy atom. The predicted octanol–water partition coefficient (Wildman–Crippen LogP) is 4.15. The summed E-state index contributed by atoms with van der Waals surface area (Å²) >= 11 is 1.54. The summed E-state index contributed by atoms with van der Waals surface area (Å²) in [5.74, 6) is 0.963. The number of sulfonamides is 1. The minimum atomic E-state index is -3.62. The number of rotatable bonds is 9. The van der Waals surface area contributed by atoms with Crippen molar-refractivity contribution in [1.29, 1.82) is 0 Å². The Hall–Kier alpha value is -3.27. The molecule has 7 nitrogen and oxygen atoms in total. The maximum absolute atomic E-state index is 12.1. The summed E-state index contributed by atoms with van der Waals surface area (Å²) in [5, 5.41) is 4.60. The highest BCUT2D eigenvalue weighted by atomic mass is 32.2. The molecule has 0 aliphatic carbocycles. The zero-order valence-corrected chi connectivity index (χ0v) is 18.7. The fourth-order valence-electron chi connectivity index (χ4n) is 2.93. The average Bonchev–Trinajstić information content (AvgIpc) is 3.44. The lowest BCUT2D eigenvalue weighted by atomic mass is 10.2. The summed E-state index contributed by atoms with van der Waals surface area (Å²) in [5.41, 5.74) is 1.69. The Bertz CT molecular complexity index is 1310. The molecule has 4 aromatic rings. The molecule has 0 bridgehead atoms. The molecule has 0 saturated heterocycles. The van der Waals surface area contributed by atoms with Crippen LogP contribution in [-0.2, 0) is 21.4 Å². The first-order chi connectivity index (χ1) is 15.5. The zero-order chi connectivity index (χ0) is 22.4. The quantitative estimate of drug-likeness (QED) is 0.385. The predicted molar refractivity (Wildman–Crippen MR) is 126 cm³/mol. The van der Waals surface area contributed by atoms with Gasteiger partial charge >= 0.3 is 0 Å². The van der Waals surface area contributed by atoms with Crippen molar-refractivity contribution in [3.63, 3.8) is 0 Å². The van der Waals surface area contributed by atoms with Crippen molar-refractivity contribution in [2.24, 2.45) is 0 Å². The fraction of sp³-hybridized carbons (Fsp3) is 0.130. The molecule has 0 radical (unpaired) electrons. The number of thiazole rings is 1. The lowest BCUT2D eigenvalue weighted by Gasteiger charge is -2.04. The minimum absolute atomic E-state index is 0.00239. The van der Waals surface area contributed by atoms with Gasteiger partial charge in [0.05, 0.1) is 16.8 Å². The van der Waals surface area contributed by atoms with E-state index in [9.17, 15) is 13.2 Å². The normalized spacial score (nSPS) is 11.9. The molecule has 9 heteroatoms. The van der Waals surface area contributed by atoms with Gasteiger partial charge in [-0.05, 0) is 35.9 Å². The lowest BCUT2D eigenvalue weighted by Crippen LogP contribution is -2.29. The van der Waals surface area contributed by atoms with Crippen molar-refractivity contribution in [2.75, 3.05) is 6.54 Å². The zero-order valence-electron chi connectivity index (χ0n) is 17.0. The Labute approximate surface area is 189 Å². The van der Waals surface area contributed by atoms with Gasteiger partial charge in [-0.2, -0.15) is 0 Å². The molecular weight excluding hydrogens is 446 g/mol. The second-order valence-electron chi connectivity index (χ2n) is 6.93. The van der Waals surface area contributed by atoms with Crippen LogP contribution in [0.5, 0.6) is 0 Å². The molecule has 0 fully saturated rings. The van der Waals surface area contributed by atoms with Gasteiger partial charge in [0.2, 0.25) is 15.9 Å². The van der Waals surface area contributed by atoms with Crippen LogP contribution in [0.4, 0.5) is 0 Å². The highest BCUT2D eigenvalue weighted by Gasteiger charge is 2.12. The minimum Gasteiger partial charge on any atom is -0.457 e. The van der Waals surface area contributed by atoms with E-state index in [2.05, 4.69) is 15.0 Å².